The maximum atomic E-state index is 4.61. The summed E-state index contributed by atoms with van der Waals surface area (Å²) < 4.78 is 0. The average Bonchev–Trinajstić information content (AvgIpc) is 2.40. The summed E-state index contributed by atoms with van der Waals surface area (Å²) in [5.41, 5.74) is 3.63. The molecular weight excluding hydrogens is 234 g/mol. The first kappa shape index (κ1) is 13.7. The van der Waals surface area contributed by atoms with Crippen LogP contribution in [0, 0.1) is 6.92 Å². The standard InChI is InChI=1S/C16H21N3/c1-12(2)18-11-15-8-9-17-16(19-15)10-14-7-5-4-6-13(14)3/h4-9,12,18H,10-11H2,1-3H3. The molecule has 2 aromatic rings. The van der Waals surface area contributed by atoms with E-state index in [4.69, 9.17) is 0 Å². The molecule has 0 spiro atoms. The third kappa shape index (κ3) is 4.14. The molecule has 3 nitrogen and oxygen atoms in total. The number of nitrogens with zero attached hydrogens (tertiary/aromatic N) is 2. The molecule has 0 atom stereocenters. The van der Waals surface area contributed by atoms with Gasteiger partial charge in [-0.2, -0.15) is 0 Å². The number of hydrogen-bond donors (Lipinski definition) is 1. The van der Waals surface area contributed by atoms with Crippen LogP contribution >= 0.6 is 0 Å². The number of rotatable bonds is 5. The largest absolute Gasteiger partial charge is 0.309 e. The van der Waals surface area contributed by atoms with Crippen molar-refractivity contribution in [2.45, 2.75) is 39.8 Å². The van der Waals surface area contributed by atoms with Gasteiger partial charge in [-0.3, -0.25) is 0 Å². The monoisotopic (exact) mass is 255 g/mol. The minimum Gasteiger partial charge on any atom is -0.309 e. The van der Waals surface area contributed by atoms with Crippen LogP contribution in [0.1, 0.15) is 36.5 Å². The zero-order valence-corrected chi connectivity index (χ0v) is 11.9. The predicted molar refractivity (Wildman–Crippen MR) is 78.0 cm³/mol. The fourth-order valence-corrected chi connectivity index (χ4v) is 1.91. The van der Waals surface area contributed by atoms with Gasteiger partial charge in [-0.25, -0.2) is 9.97 Å². The van der Waals surface area contributed by atoms with Gasteiger partial charge in [0.25, 0.3) is 0 Å². The molecule has 2 rings (SSSR count). The van der Waals surface area contributed by atoms with E-state index in [0.717, 1.165) is 24.5 Å². The molecule has 3 heteroatoms. The van der Waals surface area contributed by atoms with Crippen LogP contribution in [0.4, 0.5) is 0 Å². The van der Waals surface area contributed by atoms with Crippen molar-refractivity contribution < 1.29 is 0 Å². The summed E-state index contributed by atoms with van der Waals surface area (Å²) in [6.07, 6.45) is 2.64. The van der Waals surface area contributed by atoms with Gasteiger partial charge in [0, 0.05) is 25.2 Å². The molecule has 0 fully saturated rings. The van der Waals surface area contributed by atoms with E-state index in [1.807, 2.05) is 12.3 Å². The van der Waals surface area contributed by atoms with E-state index in [-0.39, 0.29) is 0 Å². The summed E-state index contributed by atoms with van der Waals surface area (Å²) in [5, 5.41) is 3.37. The van der Waals surface area contributed by atoms with Crippen LogP contribution in [0.15, 0.2) is 36.5 Å². The summed E-state index contributed by atoms with van der Waals surface area (Å²) in [4.78, 5) is 8.97. The zero-order valence-electron chi connectivity index (χ0n) is 11.9. The van der Waals surface area contributed by atoms with Crippen LogP contribution in [0.2, 0.25) is 0 Å². The number of nitrogens with one attached hydrogen (secondary N) is 1. The Morgan fingerprint density at radius 1 is 1.16 bits per heavy atom. The van der Waals surface area contributed by atoms with Gasteiger partial charge in [-0.15, -0.1) is 0 Å². The summed E-state index contributed by atoms with van der Waals surface area (Å²) >= 11 is 0. The van der Waals surface area contributed by atoms with Crippen molar-refractivity contribution in [3.63, 3.8) is 0 Å². The smallest absolute Gasteiger partial charge is 0.132 e. The molecule has 0 radical (unpaired) electrons. The first-order valence-corrected chi connectivity index (χ1v) is 6.74. The highest BCUT2D eigenvalue weighted by molar-refractivity contribution is 5.28. The quantitative estimate of drug-likeness (QED) is 0.892. The fraction of sp³-hybridized carbons (Fsp3) is 0.375. The normalized spacial score (nSPS) is 10.9. The van der Waals surface area contributed by atoms with Gasteiger partial charge in [-0.1, -0.05) is 38.1 Å². The Balaban J connectivity index is 2.09. The highest BCUT2D eigenvalue weighted by atomic mass is 14.9. The van der Waals surface area contributed by atoms with Crippen molar-refractivity contribution in [1.29, 1.82) is 0 Å². The first-order valence-electron chi connectivity index (χ1n) is 6.74. The minimum atomic E-state index is 0.467. The van der Waals surface area contributed by atoms with Gasteiger partial charge < -0.3 is 5.32 Å². The minimum absolute atomic E-state index is 0.467. The fourth-order valence-electron chi connectivity index (χ4n) is 1.91. The van der Waals surface area contributed by atoms with Crippen LogP contribution in [-0.2, 0) is 13.0 Å². The van der Waals surface area contributed by atoms with E-state index in [1.54, 1.807) is 0 Å². The predicted octanol–water partition coefficient (Wildman–Crippen LogP) is 2.87. The third-order valence-corrected chi connectivity index (χ3v) is 3.06. The number of benzene rings is 1. The van der Waals surface area contributed by atoms with Crippen molar-refractivity contribution in [3.8, 4) is 0 Å². The van der Waals surface area contributed by atoms with E-state index in [2.05, 4.69) is 60.3 Å². The Morgan fingerprint density at radius 2 is 1.95 bits per heavy atom. The SMILES string of the molecule is Cc1ccccc1Cc1nccc(CNC(C)C)n1. The maximum absolute atomic E-state index is 4.61. The Hall–Kier alpha value is -1.74. The van der Waals surface area contributed by atoms with Crippen LogP contribution in [0.25, 0.3) is 0 Å². The second-order valence-corrected chi connectivity index (χ2v) is 5.10. The molecule has 1 aromatic carbocycles. The number of hydrogen-bond acceptors (Lipinski definition) is 3. The lowest BCUT2D eigenvalue weighted by Crippen LogP contribution is -2.22. The highest BCUT2D eigenvalue weighted by Gasteiger charge is 2.04. The molecule has 1 N–H and O–H groups in total. The van der Waals surface area contributed by atoms with Crippen molar-refractivity contribution >= 4 is 0 Å². The van der Waals surface area contributed by atoms with Gasteiger partial charge in [0.1, 0.15) is 5.82 Å². The Kier molecular flexibility index (Phi) is 4.63. The molecule has 1 aromatic heterocycles. The number of aromatic nitrogens is 2. The molecule has 0 unspecified atom stereocenters. The van der Waals surface area contributed by atoms with Crippen LogP contribution < -0.4 is 5.32 Å². The third-order valence-electron chi connectivity index (χ3n) is 3.06. The maximum Gasteiger partial charge on any atom is 0.132 e. The van der Waals surface area contributed by atoms with Crippen molar-refractivity contribution in [2.24, 2.45) is 0 Å². The summed E-state index contributed by atoms with van der Waals surface area (Å²) in [6.45, 7) is 7.19. The van der Waals surface area contributed by atoms with Crippen LogP contribution in [0.3, 0.4) is 0 Å². The molecule has 19 heavy (non-hydrogen) atoms. The van der Waals surface area contributed by atoms with Crippen molar-refractivity contribution in [3.05, 3.63) is 59.2 Å². The number of aryl methyl sites for hydroxylation is 1. The Bertz CT molecular complexity index is 535. The molecule has 100 valence electrons. The second kappa shape index (κ2) is 6.43. The molecule has 0 saturated carbocycles. The lowest BCUT2D eigenvalue weighted by Gasteiger charge is -2.09. The van der Waals surface area contributed by atoms with E-state index in [9.17, 15) is 0 Å². The summed E-state index contributed by atoms with van der Waals surface area (Å²) in [5.74, 6) is 0.886. The van der Waals surface area contributed by atoms with Gasteiger partial charge in [-0.05, 0) is 24.1 Å². The van der Waals surface area contributed by atoms with Crippen LogP contribution in [-0.4, -0.2) is 16.0 Å². The zero-order chi connectivity index (χ0) is 13.7. The molecule has 0 bridgehead atoms. The molecule has 0 aliphatic rings. The Morgan fingerprint density at radius 3 is 2.68 bits per heavy atom. The van der Waals surface area contributed by atoms with Crippen LogP contribution in [0.5, 0.6) is 0 Å². The van der Waals surface area contributed by atoms with Gasteiger partial charge in [0.2, 0.25) is 0 Å². The van der Waals surface area contributed by atoms with Crippen molar-refractivity contribution in [1.82, 2.24) is 15.3 Å². The van der Waals surface area contributed by atoms with E-state index >= 15 is 0 Å². The Labute approximate surface area is 115 Å². The lowest BCUT2D eigenvalue weighted by molar-refractivity contribution is 0.579. The first-order chi connectivity index (χ1) is 9.15. The highest BCUT2D eigenvalue weighted by Crippen LogP contribution is 2.11. The van der Waals surface area contributed by atoms with E-state index in [0.29, 0.717) is 6.04 Å². The second-order valence-electron chi connectivity index (χ2n) is 5.10. The average molecular weight is 255 g/mol. The van der Waals surface area contributed by atoms with E-state index < -0.39 is 0 Å². The summed E-state index contributed by atoms with van der Waals surface area (Å²) in [6, 6.07) is 10.8. The molecule has 0 aliphatic carbocycles. The topological polar surface area (TPSA) is 37.8 Å². The lowest BCUT2D eigenvalue weighted by atomic mass is 10.1. The summed E-state index contributed by atoms with van der Waals surface area (Å²) in [7, 11) is 0. The molecule has 0 amide bonds. The molecular formula is C16H21N3. The van der Waals surface area contributed by atoms with Gasteiger partial charge in [0.15, 0.2) is 0 Å². The molecule has 0 aliphatic heterocycles. The van der Waals surface area contributed by atoms with E-state index in [1.165, 1.54) is 11.1 Å². The van der Waals surface area contributed by atoms with Gasteiger partial charge >= 0.3 is 0 Å². The molecule has 1 heterocycles. The van der Waals surface area contributed by atoms with Crippen molar-refractivity contribution in [2.75, 3.05) is 0 Å². The molecule has 0 saturated heterocycles. The van der Waals surface area contributed by atoms with Gasteiger partial charge in [0.05, 0.1) is 5.69 Å².